The van der Waals surface area contributed by atoms with E-state index in [0.29, 0.717) is 16.9 Å². The monoisotopic (exact) mass is 237 g/mol. The van der Waals surface area contributed by atoms with Gasteiger partial charge in [0.25, 0.3) is 0 Å². The lowest BCUT2D eigenvalue weighted by Gasteiger charge is -1.94. The molecule has 18 heavy (non-hydrogen) atoms. The summed E-state index contributed by atoms with van der Waals surface area (Å²) in [6.45, 7) is 0. The van der Waals surface area contributed by atoms with Crippen LogP contribution in [0.1, 0.15) is 5.56 Å². The van der Waals surface area contributed by atoms with E-state index in [1.54, 1.807) is 47.1 Å². The molecule has 0 spiro atoms. The number of fused-ring (bicyclic) bond motifs is 1. The van der Waals surface area contributed by atoms with Crippen molar-refractivity contribution >= 4 is 5.65 Å². The van der Waals surface area contributed by atoms with Crippen LogP contribution >= 0.6 is 0 Å². The van der Waals surface area contributed by atoms with Gasteiger partial charge in [0.15, 0.2) is 11.5 Å². The zero-order valence-corrected chi connectivity index (χ0v) is 9.34. The van der Waals surface area contributed by atoms with E-state index < -0.39 is 0 Å². The Bertz CT molecular complexity index is 751. The SMILES string of the molecule is N#Cc1ccc(-c2cn3cccc(F)c3n2)cc1. The second-order valence-corrected chi connectivity index (χ2v) is 3.90. The lowest BCUT2D eigenvalue weighted by molar-refractivity contribution is 0.630. The van der Waals surface area contributed by atoms with Crippen LogP contribution in [0.4, 0.5) is 4.39 Å². The zero-order valence-electron chi connectivity index (χ0n) is 9.34. The molecule has 0 atom stereocenters. The molecule has 0 fully saturated rings. The largest absolute Gasteiger partial charge is 0.304 e. The van der Waals surface area contributed by atoms with Crippen LogP contribution in [-0.2, 0) is 0 Å². The number of imidazole rings is 1. The van der Waals surface area contributed by atoms with Gasteiger partial charge >= 0.3 is 0 Å². The van der Waals surface area contributed by atoms with Gasteiger partial charge < -0.3 is 4.40 Å². The van der Waals surface area contributed by atoms with E-state index in [1.807, 2.05) is 0 Å². The van der Waals surface area contributed by atoms with Crippen molar-refractivity contribution in [2.24, 2.45) is 0 Å². The number of benzene rings is 1. The molecule has 86 valence electrons. The fourth-order valence-electron chi connectivity index (χ4n) is 1.83. The highest BCUT2D eigenvalue weighted by molar-refractivity contribution is 5.63. The van der Waals surface area contributed by atoms with Crippen molar-refractivity contribution in [2.45, 2.75) is 0 Å². The van der Waals surface area contributed by atoms with Gasteiger partial charge in [0, 0.05) is 18.0 Å². The predicted molar refractivity (Wildman–Crippen MR) is 65.3 cm³/mol. The minimum absolute atomic E-state index is 0.303. The molecule has 0 aliphatic heterocycles. The third kappa shape index (κ3) is 1.62. The summed E-state index contributed by atoms with van der Waals surface area (Å²) in [4.78, 5) is 4.24. The number of pyridine rings is 1. The van der Waals surface area contributed by atoms with Crippen molar-refractivity contribution in [3.8, 4) is 17.3 Å². The number of aromatic nitrogens is 2. The molecule has 0 N–H and O–H groups in total. The van der Waals surface area contributed by atoms with Crippen LogP contribution in [0, 0.1) is 17.1 Å². The lowest BCUT2D eigenvalue weighted by atomic mass is 10.1. The molecule has 0 aliphatic carbocycles. The van der Waals surface area contributed by atoms with E-state index in [4.69, 9.17) is 5.26 Å². The van der Waals surface area contributed by atoms with Gasteiger partial charge in [-0.25, -0.2) is 9.37 Å². The van der Waals surface area contributed by atoms with E-state index in [0.717, 1.165) is 5.56 Å². The maximum Gasteiger partial charge on any atom is 0.173 e. The van der Waals surface area contributed by atoms with Crippen LogP contribution in [0.3, 0.4) is 0 Å². The minimum Gasteiger partial charge on any atom is -0.304 e. The molecule has 0 aliphatic rings. The summed E-state index contributed by atoms with van der Waals surface area (Å²) in [7, 11) is 0. The van der Waals surface area contributed by atoms with E-state index >= 15 is 0 Å². The van der Waals surface area contributed by atoms with Gasteiger partial charge in [-0.15, -0.1) is 0 Å². The van der Waals surface area contributed by atoms with Gasteiger partial charge in [0.05, 0.1) is 17.3 Å². The number of hydrogen-bond donors (Lipinski definition) is 0. The van der Waals surface area contributed by atoms with Gasteiger partial charge in [-0.1, -0.05) is 12.1 Å². The highest BCUT2D eigenvalue weighted by Crippen LogP contribution is 2.20. The first kappa shape index (κ1) is 10.5. The van der Waals surface area contributed by atoms with Crippen LogP contribution in [0.2, 0.25) is 0 Å². The Morgan fingerprint density at radius 2 is 1.94 bits per heavy atom. The van der Waals surface area contributed by atoms with Crippen molar-refractivity contribution in [2.75, 3.05) is 0 Å². The van der Waals surface area contributed by atoms with Gasteiger partial charge in [0.1, 0.15) is 0 Å². The Hall–Kier alpha value is -2.67. The normalized spacial score (nSPS) is 10.4. The summed E-state index contributed by atoms with van der Waals surface area (Å²) in [5.41, 5.74) is 2.44. The fourth-order valence-corrected chi connectivity index (χ4v) is 1.83. The third-order valence-electron chi connectivity index (χ3n) is 2.74. The first-order valence-electron chi connectivity index (χ1n) is 5.42. The van der Waals surface area contributed by atoms with Crippen LogP contribution in [-0.4, -0.2) is 9.38 Å². The molecule has 0 unspecified atom stereocenters. The molecule has 1 aromatic carbocycles. The zero-order chi connectivity index (χ0) is 12.5. The summed E-state index contributed by atoms with van der Waals surface area (Å²) in [5, 5.41) is 8.73. The van der Waals surface area contributed by atoms with E-state index in [1.165, 1.54) is 6.07 Å². The molecular formula is C14H8FN3. The molecular weight excluding hydrogens is 229 g/mol. The Labute approximate surface area is 103 Å². The number of nitriles is 1. The molecule has 0 bridgehead atoms. The molecule has 3 nitrogen and oxygen atoms in total. The quantitative estimate of drug-likeness (QED) is 0.652. The Morgan fingerprint density at radius 3 is 2.61 bits per heavy atom. The van der Waals surface area contributed by atoms with Crippen LogP contribution in [0.15, 0.2) is 48.8 Å². The number of rotatable bonds is 1. The predicted octanol–water partition coefficient (Wildman–Crippen LogP) is 3.01. The average molecular weight is 237 g/mol. The van der Waals surface area contributed by atoms with E-state index in [2.05, 4.69) is 11.1 Å². The van der Waals surface area contributed by atoms with Gasteiger partial charge in [0.2, 0.25) is 0 Å². The Kier molecular flexibility index (Phi) is 2.31. The Morgan fingerprint density at radius 1 is 1.17 bits per heavy atom. The lowest BCUT2D eigenvalue weighted by Crippen LogP contribution is -1.84. The molecule has 0 saturated carbocycles. The maximum absolute atomic E-state index is 13.5. The highest BCUT2D eigenvalue weighted by Gasteiger charge is 2.07. The summed E-state index contributed by atoms with van der Waals surface area (Å²) in [6.07, 6.45) is 3.51. The van der Waals surface area contributed by atoms with Gasteiger partial charge in [-0.3, -0.25) is 0 Å². The number of halogens is 1. The second kappa shape index (κ2) is 3.97. The van der Waals surface area contributed by atoms with E-state index in [-0.39, 0.29) is 5.82 Å². The molecule has 0 saturated heterocycles. The molecule has 0 radical (unpaired) electrons. The average Bonchev–Trinajstić information content (AvgIpc) is 2.84. The van der Waals surface area contributed by atoms with Gasteiger partial charge in [-0.05, 0) is 24.3 Å². The van der Waals surface area contributed by atoms with Crippen LogP contribution < -0.4 is 0 Å². The van der Waals surface area contributed by atoms with Gasteiger partial charge in [-0.2, -0.15) is 5.26 Å². The summed E-state index contributed by atoms with van der Waals surface area (Å²) >= 11 is 0. The maximum atomic E-state index is 13.5. The highest BCUT2D eigenvalue weighted by atomic mass is 19.1. The summed E-state index contributed by atoms with van der Waals surface area (Å²) < 4.78 is 15.1. The first-order chi connectivity index (χ1) is 8.78. The molecule has 3 aromatic rings. The Balaban J connectivity index is 2.14. The third-order valence-corrected chi connectivity index (χ3v) is 2.74. The van der Waals surface area contributed by atoms with Crippen molar-refractivity contribution in [3.05, 3.63) is 60.2 Å². The molecule has 0 amide bonds. The van der Waals surface area contributed by atoms with E-state index in [9.17, 15) is 4.39 Å². The van der Waals surface area contributed by atoms with Crippen LogP contribution in [0.25, 0.3) is 16.9 Å². The minimum atomic E-state index is -0.350. The number of hydrogen-bond acceptors (Lipinski definition) is 2. The molecule has 2 heterocycles. The fraction of sp³-hybridized carbons (Fsp3) is 0. The summed E-state index contributed by atoms with van der Waals surface area (Å²) in [5.74, 6) is -0.350. The standard InChI is InChI=1S/C14H8FN3/c15-12-2-1-7-18-9-13(17-14(12)18)11-5-3-10(8-16)4-6-11/h1-7,9H. The smallest absolute Gasteiger partial charge is 0.173 e. The van der Waals surface area contributed by atoms with Crippen molar-refractivity contribution in [1.29, 1.82) is 5.26 Å². The van der Waals surface area contributed by atoms with Crippen molar-refractivity contribution in [3.63, 3.8) is 0 Å². The van der Waals surface area contributed by atoms with Crippen molar-refractivity contribution in [1.82, 2.24) is 9.38 Å². The van der Waals surface area contributed by atoms with Crippen LogP contribution in [0.5, 0.6) is 0 Å². The number of nitrogens with zero attached hydrogens (tertiary/aromatic N) is 3. The molecule has 2 aromatic heterocycles. The first-order valence-corrected chi connectivity index (χ1v) is 5.42. The second-order valence-electron chi connectivity index (χ2n) is 3.90. The molecule has 4 heteroatoms. The summed E-state index contributed by atoms with van der Waals surface area (Å²) in [6, 6.07) is 12.1. The topological polar surface area (TPSA) is 41.1 Å². The molecule has 3 rings (SSSR count). The van der Waals surface area contributed by atoms with Crippen molar-refractivity contribution < 1.29 is 4.39 Å².